The summed E-state index contributed by atoms with van der Waals surface area (Å²) in [5.41, 5.74) is -0.601. The Labute approximate surface area is 94.1 Å². The zero-order chi connectivity index (χ0) is 12.2. The van der Waals surface area contributed by atoms with Gasteiger partial charge in [0.1, 0.15) is 5.54 Å². The highest BCUT2D eigenvalue weighted by Crippen LogP contribution is 2.20. The lowest BCUT2D eigenvalue weighted by Gasteiger charge is -2.27. The van der Waals surface area contributed by atoms with Gasteiger partial charge in [-0.1, -0.05) is 0 Å². The van der Waals surface area contributed by atoms with E-state index in [1.807, 2.05) is 0 Å². The molecule has 0 amide bonds. The largest absolute Gasteiger partial charge is 0.480 e. The zero-order valence-corrected chi connectivity index (χ0v) is 9.34. The number of pyridine rings is 1. The van der Waals surface area contributed by atoms with Crippen LogP contribution in [0.25, 0.3) is 0 Å². The van der Waals surface area contributed by atoms with E-state index in [0.717, 1.165) is 0 Å². The van der Waals surface area contributed by atoms with Gasteiger partial charge >= 0.3 is 5.97 Å². The molecule has 0 bridgehead atoms. The zero-order valence-electron chi connectivity index (χ0n) is 9.34. The molecule has 1 aromatic heterocycles. The molecular formula is C11H16N2O3. The molecular weight excluding hydrogens is 208 g/mol. The summed E-state index contributed by atoms with van der Waals surface area (Å²) in [6.45, 7) is 3.37. The van der Waals surface area contributed by atoms with Gasteiger partial charge in [0.15, 0.2) is 0 Å². The summed E-state index contributed by atoms with van der Waals surface area (Å²) < 4.78 is 0. The molecule has 5 heteroatoms. The molecule has 0 saturated heterocycles. The van der Waals surface area contributed by atoms with Crippen molar-refractivity contribution in [3.8, 4) is 0 Å². The Morgan fingerprint density at radius 1 is 1.56 bits per heavy atom. The molecule has 88 valence electrons. The summed E-state index contributed by atoms with van der Waals surface area (Å²) in [5.74, 6) is -0.987. The Hall–Kier alpha value is -1.46. The second kappa shape index (κ2) is 5.05. The van der Waals surface area contributed by atoms with Crippen LogP contribution in [-0.2, 0) is 10.3 Å². The average molecular weight is 224 g/mol. The number of aliphatic hydroxyl groups is 1. The van der Waals surface area contributed by atoms with Crippen molar-refractivity contribution in [2.75, 3.05) is 6.54 Å². The fourth-order valence-electron chi connectivity index (χ4n) is 1.34. The minimum atomic E-state index is -1.21. The van der Waals surface area contributed by atoms with Crippen molar-refractivity contribution in [3.63, 3.8) is 0 Å². The Balaban J connectivity index is 2.93. The van der Waals surface area contributed by atoms with Crippen LogP contribution >= 0.6 is 0 Å². The molecule has 0 aliphatic heterocycles. The topological polar surface area (TPSA) is 82.5 Å². The number of hydrogen-bond donors (Lipinski definition) is 3. The fraction of sp³-hybridized carbons (Fsp3) is 0.455. The third kappa shape index (κ3) is 2.77. The van der Waals surface area contributed by atoms with Gasteiger partial charge in [-0.3, -0.25) is 10.3 Å². The number of carboxylic acids is 1. The van der Waals surface area contributed by atoms with E-state index in [1.165, 1.54) is 0 Å². The van der Waals surface area contributed by atoms with Crippen LogP contribution in [0.5, 0.6) is 0 Å². The van der Waals surface area contributed by atoms with Crippen molar-refractivity contribution in [2.45, 2.75) is 25.5 Å². The van der Waals surface area contributed by atoms with E-state index in [-0.39, 0.29) is 6.54 Å². The summed E-state index contributed by atoms with van der Waals surface area (Å²) in [6, 6.07) is 3.28. The SMILES string of the molecule is CC(O)CNC(C)(C(=O)O)c1ccncc1. The molecule has 5 nitrogen and oxygen atoms in total. The number of nitrogens with one attached hydrogen (secondary N) is 1. The predicted octanol–water partition coefficient (Wildman–Crippen LogP) is 0.352. The van der Waals surface area contributed by atoms with Crippen LogP contribution in [0.2, 0.25) is 0 Å². The molecule has 0 radical (unpaired) electrons. The Kier molecular flexibility index (Phi) is 3.98. The van der Waals surface area contributed by atoms with Crippen molar-refractivity contribution in [2.24, 2.45) is 0 Å². The van der Waals surface area contributed by atoms with E-state index in [1.54, 1.807) is 38.4 Å². The van der Waals surface area contributed by atoms with E-state index in [9.17, 15) is 15.0 Å². The smallest absolute Gasteiger partial charge is 0.328 e. The maximum Gasteiger partial charge on any atom is 0.328 e. The first kappa shape index (κ1) is 12.6. The van der Waals surface area contributed by atoms with Gasteiger partial charge in [0, 0.05) is 18.9 Å². The molecule has 2 unspecified atom stereocenters. The molecule has 0 aliphatic rings. The van der Waals surface area contributed by atoms with Crippen molar-refractivity contribution >= 4 is 5.97 Å². The molecule has 16 heavy (non-hydrogen) atoms. The molecule has 0 fully saturated rings. The van der Waals surface area contributed by atoms with Gasteiger partial charge in [-0.15, -0.1) is 0 Å². The highest BCUT2D eigenvalue weighted by Gasteiger charge is 2.34. The van der Waals surface area contributed by atoms with Crippen molar-refractivity contribution < 1.29 is 15.0 Å². The monoisotopic (exact) mass is 224 g/mol. The maximum absolute atomic E-state index is 11.3. The molecule has 0 spiro atoms. The van der Waals surface area contributed by atoms with Gasteiger partial charge in [0.2, 0.25) is 0 Å². The standard InChI is InChI=1S/C11H16N2O3/c1-8(14)7-13-11(2,10(15)16)9-3-5-12-6-4-9/h3-6,8,13-14H,7H2,1-2H3,(H,15,16). The molecule has 3 N–H and O–H groups in total. The molecule has 1 rings (SSSR count). The highest BCUT2D eigenvalue weighted by molar-refractivity contribution is 5.80. The number of carbonyl (C=O) groups is 1. The number of nitrogens with zero attached hydrogens (tertiary/aromatic N) is 1. The van der Waals surface area contributed by atoms with Gasteiger partial charge in [-0.25, -0.2) is 4.79 Å². The van der Waals surface area contributed by atoms with Crippen LogP contribution in [-0.4, -0.2) is 33.8 Å². The molecule has 0 aliphatic carbocycles. The molecule has 1 aromatic rings. The van der Waals surface area contributed by atoms with Gasteiger partial charge in [-0.05, 0) is 31.5 Å². The van der Waals surface area contributed by atoms with Crippen LogP contribution in [0.4, 0.5) is 0 Å². The molecule has 0 saturated carbocycles. The summed E-state index contributed by atoms with van der Waals surface area (Å²) in [4.78, 5) is 15.1. The third-order valence-electron chi connectivity index (χ3n) is 2.44. The number of aliphatic hydroxyl groups excluding tert-OH is 1. The van der Waals surface area contributed by atoms with Crippen LogP contribution in [0.15, 0.2) is 24.5 Å². The first-order valence-electron chi connectivity index (χ1n) is 5.04. The van der Waals surface area contributed by atoms with Crippen molar-refractivity contribution in [3.05, 3.63) is 30.1 Å². The van der Waals surface area contributed by atoms with Gasteiger partial charge in [-0.2, -0.15) is 0 Å². The van der Waals surface area contributed by atoms with E-state index >= 15 is 0 Å². The van der Waals surface area contributed by atoms with Gasteiger partial charge in [0.25, 0.3) is 0 Å². The summed E-state index contributed by atoms with van der Waals surface area (Å²) in [6.07, 6.45) is 2.49. The van der Waals surface area contributed by atoms with Crippen LogP contribution in [0, 0.1) is 0 Å². The number of carboxylic acid groups (broad SMARTS) is 1. The van der Waals surface area contributed by atoms with E-state index < -0.39 is 17.6 Å². The van der Waals surface area contributed by atoms with E-state index in [2.05, 4.69) is 10.3 Å². The van der Waals surface area contributed by atoms with Crippen LogP contribution in [0.3, 0.4) is 0 Å². The first-order chi connectivity index (χ1) is 7.47. The van der Waals surface area contributed by atoms with Crippen LogP contribution < -0.4 is 5.32 Å². The number of aliphatic carboxylic acids is 1. The Morgan fingerprint density at radius 2 is 2.12 bits per heavy atom. The molecule has 0 aromatic carbocycles. The number of aromatic nitrogens is 1. The van der Waals surface area contributed by atoms with E-state index in [4.69, 9.17) is 0 Å². The van der Waals surface area contributed by atoms with Crippen LogP contribution in [0.1, 0.15) is 19.4 Å². The molecule has 2 atom stereocenters. The highest BCUT2D eigenvalue weighted by atomic mass is 16.4. The summed E-state index contributed by atoms with van der Waals surface area (Å²) in [5, 5.41) is 21.2. The molecule has 1 heterocycles. The second-order valence-electron chi connectivity index (χ2n) is 3.90. The Morgan fingerprint density at radius 3 is 2.56 bits per heavy atom. The quantitative estimate of drug-likeness (QED) is 0.672. The lowest BCUT2D eigenvalue weighted by molar-refractivity contribution is -0.144. The van der Waals surface area contributed by atoms with Gasteiger partial charge < -0.3 is 10.2 Å². The third-order valence-corrected chi connectivity index (χ3v) is 2.44. The maximum atomic E-state index is 11.3. The van der Waals surface area contributed by atoms with E-state index in [0.29, 0.717) is 5.56 Å². The van der Waals surface area contributed by atoms with Crippen molar-refractivity contribution in [1.82, 2.24) is 10.3 Å². The lowest BCUT2D eigenvalue weighted by atomic mass is 9.93. The first-order valence-corrected chi connectivity index (χ1v) is 5.04. The average Bonchev–Trinajstić information content (AvgIpc) is 2.26. The van der Waals surface area contributed by atoms with Gasteiger partial charge in [0.05, 0.1) is 6.10 Å². The second-order valence-corrected chi connectivity index (χ2v) is 3.90. The summed E-state index contributed by atoms with van der Waals surface area (Å²) >= 11 is 0. The Bertz CT molecular complexity index is 354. The minimum absolute atomic E-state index is 0.213. The minimum Gasteiger partial charge on any atom is -0.480 e. The lowest BCUT2D eigenvalue weighted by Crippen LogP contribution is -2.49. The predicted molar refractivity (Wildman–Crippen MR) is 58.9 cm³/mol. The normalized spacial score (nSPS) is 16.4. The number of hydrogen-bond acceptors (Lipinski definition) is 4. The number of rotatable bonds is 5. The fourth-order valence-corrected chi connectivity index (χ4v) is 1.34. The summed E-state index contributed by atoms with van der Waals surface area (Å²) in [7, 11) is 0. The van der Waals surface area contributed by atoms with Crippen molar-refractivity contribution in [1.29, 1.82) is 0 Å².